The van der Waals surface area contributed by atoms with Crippen LogP contribution in [0, 0.1) is 0 Å². The minimum atomic E-state index is -0.163. The molecule has 1 aromatic heterocycles. The summed E-state index contributed by atoms with van der Waals surface area (Å²) in [5.74, 6) is 0. The molecule has 1 unspecified atom stereocenters. The maximum atomic E-state index is 6.21. The van der Waals surface area contributed by atoms with Gasteiger partial charge in [-0.2, -0.15) is 0 Å². The fourth-order valence-electron chi connectivity index (χ4n) is 2.37. The summed E-state index contributed by atoms with van der Waals surface area (Å²) in [6.45, 7) is 0. The van der Waals surface area contributed by atoms with Gasteiger partial charge in [-0.3, -0.25) is 0 Å². The van der Waals surface area contributed by atoms with E-state index in [1.54, 1.807) is 19.6 Å². The number of methoxy groups -OCH3 is 1. The van der Waals surface area contributed by atoms with Gasteiger partial charge in [0.1, 0.15) is 0 Å². The first-order chi connectivity index (χ1) is 6.78. The highest BCUT2D eigenvalue weighted by molar-refractivity contribution is 5.17. The minimum absolute atomic E-state index is 0.0613. The van der Waals surface area contributed by atoms with E-state index in [2.05, 4.69) is 0 Å². The average molecular weight is 195 g/mol. The Hall–Kier alpha value is -0.800. The Bertz CT molecular complexity index is 275. The van der Waals surface area contributed by atoms with Crippen molar-refractivity contribution in [2.45, 2.75) is 37.3 Å². The van der Waals surface area contributed by atoms with Gasteiger partial charge in [-0.1, -0.05) is 12.8 Å². The average Bonchev–Trinajstić information content (AvgIpc) is 2.89. The van der Waals surface area contributed by atoms with E-state index in [-0.39, 0.29) is 11.6 Å². The molecular formula is C11H17NO2. The van der Waals surface area contributed by atoms with Crippen LogP contribution in [0.5, 0.6) is 0 Å². The zero-order valence-corrected chi connectivity index (χ0v) is 8.53. The standard InChI is InChI=1S/C11H17NO2/c1-13-11(5-2-3-6-11)10(12)9-4-7-14-8-9/h4,7-8,10H,2-3,5-6,12H2,1H3. The number of hydrogen-bond donors (Lipinski definition) is 1. The Kier molecular flexibility index (Phi) is 2.61. The van der Waals surface area contributed by atoms with Crippen LogP contribution in [0.15, 0.2) is 23.0 Å². The zero-order valence-electron chi connectivity index (χ0n) is 8.53. The molecule has 0 aromatic carbocycles. The fourth-order valence-corrected chi connectivity index (χ4v) is 2.37. The SMILES string of the molecule is COC1(C(N)c2ccoc2)CCCC1. The van der Waals surface area contributed by atoms with Gasteiger partial charge in [0, 0.05) is 12.7 Å². The van der Waals surface area contributed by atoms with E-state index in [0.717, 1.165) is 18.4 Å². The maximum absolute atomic E-state index is 6.21. The lowest BCUT2D eigenvalue weighted by atomic mass is 9.89. The van der Waals surface area contributed by atoms with E-state index < -0.39 is 0 Å². The van der Waals surface area contributed by atoms with E-state index in [9.17, 15) is 0 Å². The van der Waals surface area contributed by atoms with Crippen molar-refractivity contribution in [2.75, 3.05) is 7.11 Å². The van der Waals surface area contributed by atoms with Gasteiger partial charge in [0.2, 0.25) is 0 Å². The zero-order chi connectivity index (χ0) is 10.0. The summed E-state index contributed by atoms with van der Waals surface area (Å²) in [7, 11) is 1.76. The predicted molar refractivity (Wildman–Crippen MR) is 53.8 cm³/mol. The van der Waals surface area contributed by atoms with Crippen LogP contribution in [-0.4, -0.2) is 12.7 Å². The molecule has 2 rings (SSSR count). The molecule has 1 aliphatic carbocycles. The van der Waals surface area contributed by atoms with Gasteiger partial charge in [-0.15, -0.1) is 0 Å². The predicted octanol–water partition coefficient (Wildman–Crippen LogP) is 2.24. The Balaban J connectivity index is 2.19. The summed E-state index contributed by atoms with van der Waals surface area (Å²) >= 11 is 0. The monoisotopic (exact) mass is 195 g/mol. The van der Waals surface area contributed by atoms with Crippen molar-refractivity contribution in [3.63, 3.8) is 0 Å². The van der Waals surface area contributed by atoms with Gasteiger partial charge in [0.15, 0.2) is 0 Å². The van der Waals surface area contributed by atoms with Gasteiger partial charge in [-0.05, 0) is 18.9 Å². The van der Waals surface area contributed by atoms with Gasteiger partial charge < -0.3 is 14.9 Å². The van der Waals surface area contributed by atoms with Crippen molar-refractivity contribution in [1.82, 2.24) is 0 Å². The van der Waals surface area contributed by atoms with Crippen molar-refractivity contribution >= 4 is 0 Å². The lowest BCUT2D eigenvalue weighted by molar-refractivity contribution is -0.0265. The molecule has 1 fully saturated rings. The molecular weight excluding hydrogens is 178 g/mol. The lowest BCUT2D eigenvalue weighted by Gasteiger charge is -2.33. The van der Waals surface area contributed by atoms with Crippen molar-refractivity contribution in [3.8, 4) is 0 Å². The van der Waals surface area contributed by atoms with E-state index in [4.69, 9.17) is 14.9 Å². The molecule has 0 radical (unpaired) electrons. The summed E-state index contributed by atoms with van der Waals surface area (Å²) in [5.41, 5.74) is 7.08. The molecule has 3 nitrogen and oxygen atoms in total. The highest BCUT2D eigenvalue weighted by atomic mass is 16.5. The molecule has 0 spiro atoms. The van der Waals surface area contributed by atoms with Crippen LogP contribution in [0.4, 0.5) is 0 Å². The third-order valence-electron chi connectivity index (χ3n) is 3.33. The topological polar surface area (TPSA) is 48.4 Å². The number of hydrogen-bond acceptors (Lipinski definition) is 3. The first-order valence-corrected chi connectivity index (χ1v) is 5.11. The second-order valence-corrected chi connectivity index (χ2v) is 4.01. The summed E-state index contributed by atoms with van der Waals surface area (Å²) in [5, 5.41) is 0. The molecule has 0 saturated heterocycles. The molecule has 1 aromatic rings. The van der Waals surface area contributed by atoms with E-state index in [1.807, 2.05) is 6.07 Å². The van der Waals surface area contributed by atoms with Gasteiger partial charge in [0.25, 0.3) is 0 Å². The molecule has 0 amide bonds. The van der Waals surface area contributed by atoms with Crippen LogP contribution in [0.3, 0.4) is 0 Å². The lowest BCUT2D eigenvalue weighted by Crippen LogP contribution is -2.40. The minimum Gasteiger partial charge on any atom is -0.472 e. The second-order valence-electron chi connectivity index (χ2n) is 4.01. The van der Waals surface area contributed by atoms with Crippen molar-refractivity contribution in [2.24, 2.45) is 5.73 Å². The molecule has 2 N–H and O–H groups in total. The molecule has 1 heterocycles. The third-order valence-corrected chi connectivity index (χ3v) is 3.33. The number of ether oxygens (including phenoxy) is 1. The summed E-state index contributed by atoms with van der Waals surface area (Å²) in [6, 6.07) is 1.86. The number of furan rings is 1. The van der Waals surface area contributed by atoms with Crippen LogP contribution in [0.1, 0.15) is 37.3 Å². The highest BCUT2D eigenvalue weighted by Crippen LogP contribution is 2.41. The molecule has 14 heavy (non-hydrogen) atoms. The van der Waals surface area contributed by atoms with Crippen LogP contribution >= 0.6 is 0 Å². The molecule has 3 heteroatoms. The quantitative estimate of drug-likeness (QED) is 0.804. The van der Waals surface area contributed by atoms with Crippen LogP contribution in [-0.2, 0) is 4.74 Å². The molecule has 1 aliphatic rings. The summed E-state index contributed by atoms with van der Waals surface area (Å²) < 4.78 is 10.7. The normalized spacial score (nSPS) is 22.4. The first-order valence-electron chi connectivity index (χ1n) is 5.11. The van der Waals surface area contributed by atoms with Crippen LogP contribution in [0.25, 0.3) is 0 Å². The second kappa shape index (κ2) is 3.75. The van der Waals surface area contributed by atoms with Gasteiger partial charge >= 0.3 is 0 Å². The maximum Gasteiger partial charge on any atom is 0.0951 e. The van der Waals surface area contributed by atoms with Crippen molar-refractivity contribution in [1.29, 1.82) is 0 Å². The Morgan fingerprint density at radius 1 is 1.50 bits per heavy atom. The highest BCUT2D eigenvalue weighted by Gasteiger charge is 2.40. The first kappa shape index (κ1) is 9.74. The Morgan fingerprint density at radius 3 is 2.71 bits per heavy atom. The summed E-state index contributed by atoms with van der Waals surface area (Å²) in [6.07, 6.45) is 7.89. The Morgan fingerprint density at radius 2 is 2.21 bits per heavy atom. The van der Waals surface area contributed by atoms with E-state index >= 15 is 0 Å². The molecule has 0 bridgehead atoms. The molecule has 78 valence electrons. The van der Waals surface area contributed by atoms with Crippen LogP contribution < -0.4 is 5.73 Å². The summed E-state index contributed by atoms with van der Waals surface area (Å²) in [4.78, 5) is 0. The van der Waals surface area contributed by atoms with Crippen molar-refractivity contribution in [3.05, 3.63) is 24.2 Å². The smallest absolute Gasteiger partial charge is 0.0951 e. The Labute approximate surface area is 84.2 Å². The molecule has 1 atom stereocenters. The number of nitrogens with two attached hydrogens (primary N) is 1. The van der Waals surface area contributed by atoms with Gasteiger partial charge in [-0.25, -0.2) is 0 Å². The van der Waals surface area contributed by atoms with Crippen molar-refractivity contribution < 1.29 is 9.15 Å². The molecule has 0 aliphatic heterocycles. The largest absolute Gasteiger partial charge is 0.472 e. The number of rotatable bonds is 3. The van der Waals surface area contributed by atoms with Gasteiger partial charge in [0.05, 0.1) is 24.2 Å². The molecule has 1 saturated carbocycles. The fraction of sp³-hybridized carbons (Fsp3) is 0.636. The van der Waals surface area contributed by atoms with E-state index in [0.29, 0.717) is 0 Å². The third kappa shape index (κ3) is 1.47. The van der Waals surface area contributed by atoms with E-state index in [1.165, 1.54) is 12.8 Å². The van der Waals surface area contributed by atoms with Crippen LogP contribution in [0.2, 0.25) is 0 Å².